The van der Waals surface area contributed by atoms with Crippen LogP contribution in [0.15, 0.2) is 41.1 Å². The van der Waals surface area contributed by atoms with Gasteiger partial charge in [0.2, 0.25) is 11.7 Å². The third kappa shape index (κ3) is 4.28. The Kier molecular flexibility index (Phi) is 5.59. The van der Waals surface area contributed by atoms with E-state index in [0.717, 1.165) is 50.6 Å². The number of piperazine rings is 1. The molecule has 162 valence electrons. The van der Waals surface area contributed by atoms with Crippen LogP contribution in [0, 0.1) is 13.8 Å². The molecule has 2 saturated heterocycles. The first kappa shape index (κ1) is 20.0. The monoisotopic (exact) mass is 418 g/mol. The summed E-state index contributed by atoms with van der Waals surface area (Å²) in [6, 6.07) is 10.7. The number of anilines is 2. The van der Waals surface area contributed by atoms with Crippen molar-refractivity contribution in [2.24, 2.45) is 0 Å². The van der Waals surface area contributed by atoms with Crippen molar-refractivity contribution in [3.8, 4) is 11.4 Å². The van der Waals surface area contributed by atoms with E-state index < -0.39 is 0 Å². The van der Waals surface area contributed by atoms with Crippen LogP contribution < -0.4 is 9.80 Å². The maximum absolute atomic E-state index is 5.54. The molecule has 5 rings (SSSR count). The zero-order valence-corrected chi connectivity index (χ0v) is 18.4. The third-order valence-electron chi connectivity index (χ3n) is 6.55. The number of benzene rings is 1. The molecule has 7 heteroatoms. The third-order valence-corrected chi connectivity index (χ3v) is 6.55. The van der Waals surface area contributed by atoms with Crippen LogP contribution in [0.5, 0.6) is 0 Å². The van der Waals surface area contributed by atoms with Gasteiger partial charge in [0.1, 0.15) is 5.82 Å². The van der Waals surface area contributed by atoms with Crippen LogP contribution in [0.2, 0.25) is 0 Å². The van der Waals surface area contributed by atoms with Gasteiger partial charge in [0.05, 0.1) is 6.54 Å². The normalized spacial score (nSPS) is 17.5. The van der Waals surface area contributed by atoms with Gasteiger partial charge in [-0.25, -0.2) is 4.98 Å². The van der Waals surface area contributed by atoms with Crippen molar-refractivity contribution in [1.82, 2.24) is 20.0 Å². The zero-order valence-electron chi connectivity index (χ0n) is 18.4. The number of nitrogens with zero attached hydrogens (tertiary/aromatic N) is 6. The molecule has 2 aliphatic heterocycles. The minimum atomic E-state index is 0.615. The van der Waals surface area contributed by atoms with Crippen LogP contribution in [0.25, 0.3) is 11.4 Å². The largest absolute Gasteiger partial charge is 0.369 e. The van der Waals surface area contributed by atoms with Gasteiger partial charge in [0.15, 0.2) is 0 Å². The molecule has 1 aromatic carbocycles. The van der Waals surface area contributed by atoms with Crippen molar-refractivity contribution in [3.63, 3.8) is 0 Å². The van der Waals surface area contributed by atoms with E-state index in [1.165, 1.54) is 29.7 Å². The van der Waals surface area contributed by atoms with Crippen molar-refractivity contribution in [2.45, 2.75) is 33.2 Å². The van der Waals surface area contributed by atoms with Gasteiger partial charge in [0.25, 0.3) is 0 Å². The zero-order chi connectivity index (χ0) is 21.2. The molecule has 0 N–H and O–H groups in total. The SMILES string of the molecule is Cc1cccc(N2CCN(Cc3nc(-c4ccc(N5CCCC5)nc4)no3)CC2)c1C. The minimum absolute atomic E-state index is 0.615. The summed E-state index contributed by atoms with van der Waals surface area (Å²) in [5.41, 5.74) is 4.98. The first-order chi connectivity index (χ1) is 15.2. The number of pyridine rings is 1. The fraction of sp³-hybridized carbons (Fsp3) is 0.458. The molecule has 0 unspecified atom stereocenters. The summed E-state index contributed by atoms with van der Waals surface area (Å²) in [7, 11) is 0. The van der Waals surface area contributed by atoms with Gasteiger partial charge >= 0.3 is 0 Å². The molecule has 2 aromatic heterocycles. The number of aromatic nitrogens is 3. The molecular formula is C24H30N6O. The topological polar surface area (TPSA) is 61.5 Å². The van der Waals surface area contributed by atoms with Crippen LogP contribution in [0.4, 0.5) is 11.5 Å². The van der Waals surface area contributed by atoms with Crippen LogP contribution in [0.3, 0.4) is 0 Å². The molecule has 0 radical (unpaired) electrons. The predicted octanol–water partition coefficient (Wildman–Crippen LogP) is 3.67. The number of aryl methyl sites for hydroxylation is 1. The van der Waals surface area contributed by atoms with Gasteiger partial charge < -0.3 is 14.3 Å². The average Bonchev–Trinajstić information content (AvgIpc) is 3.49. The quantitative estimate of drug-likeness (QED) is 0.626. The Morgan fingerprint density at radius 3 is 2.45 bits per heavy atom. The smallest absolute Gasteiger partial charge is 0.241 e. The van der Waals surface area contributed by atoms with Crippen molar-refractivity contribution in [2.75, 3.05) is 49.1 Å². The highest BCUT2D eigenvalue weighted by Crippen LogP contribution is 2.25. The summed E-state index contributed by atoms with van der Waals surface area (Å²) in [6.45, 7) is 11.2. The number of hydrogen-bond donors (Lipinski definition) is 0. The molecule has 31 heavy (non-hydrogen) atoms. The highest BCUT2D eigenvalue weighted by atomic mass is 16.5. The Balaban J connectivity index is 1.18. The van der Waals surface area contributed by atoms with Crippen molar-refractivity contribution < 1.29 is 4.52 Å². The Bertz CT molecular complexity index is 1020. The fourth-order valence-corrected chi connectivity index (χ4v) is 4.50. The van der Waals surface area contributed by atoms with E-state index in [-0.39, 0.29) is 0 Å². The average molecular weight is 419 g/mol. The molecule has 0 aliphatic carbocycles. The second kappa shape index (κ2) is 8.67. The highest BCUT2D eigenvalue weighted by molar-refractivity contribution is 5.57. The van der Waals surface area contributed by atoms with Gasteiger partial charge in [-0.3, -0.25) is 4.90 Å². The maximum Gasteiger partial charge on any atom is 0.241 e. The summed E-state index contributed by atoms with van der Waals surface area (Å²) < 4.78 is 5.54. The van der Waals surface area contributed by atoms with Crippen molar-refractivity contribution in [1.29, 1.82) is 0 Å². The van der Waals surface area contributed by atoms with Gasteiger partial charge in [-0.05, 0) is 56.0 Å². The van der Waals surface area contributed by atoms with E-state index in [1.807, 2.05) is 12.3 Å². The first-order valence-electron chi connectivity index (χ1n) is 11.2. The lowest BCUT2D eigenvalue weighted by Crippen LogP contribution is -2.46. The van der Waals surface area contributed by atoms with E-state index in [4.69, 9.17) is 4.52 Å². The van der Waals surface area contributed by atoms with E-state index in [2.05, 4.69) is 67.9 Å². The molecule has 0 spiro atoms. The molecule has 0 saturated carbocycles. The molecule has 4 heterocycles. The Morgan fingerprint density at radius 1 is 0.903 bits per heavy atom. The van der Waals surface area contributed by atoms with Crippen LogP contribution >= 0.6 is 0 Å². The molecule has 0 bridgehead atoms. The Labute approximate surface area is 183 Å². The van der Waals surface area contributed by atoms with Crippen molar-refractivity contribution in [3.05, 3.63) is 53.5 Å². The molecular weight excluding hydrogens is 388 g/mol. The number of hydrogen-bond acceptors (Lipinski definition) is 7. The molecule has 0 atom stereocenters. The lowest BCUT2D eigenvalue weighted by atomic mass is 10.1. The van der Waals surface area contributed by atoms with Gasteiger partial charge in [0, 0.05) is 56.7 Å². The second-order valence-corrected chi connectivity index (χ2v) is 8.59. The van der Waals surface area contributed by atoms with Crippen molar-refractivity contribution >= 4 is 11.5 Å². The molecule has 2 aliphatic rings. The summed E-state index contributed by atoms with van der Waals surface area (Å²) in [5.74, 6) is 2.31. The number of rotatable bonds is 5. The standard InChI is InChI=1S/C24H30N6O/c1-18-6-5-7-21(19(18)2)29-14-12-28(13-15-29)17-23-26-24(27-31-23)20-8-9-22(25-16-20)30-10-3-4-11-30/h5-9,16H,3-4,10-15,17H2,1-2H3. The van der Waals surface area contributed by atoms with Gasteiger partial charge in [-0.2, -0.15) is 4.98 Å². The van der Waals surface area contributed by atoms with E-state index in [0.29, 0.717) is 18.3 Å². The van der Waals surface area contributed by atoms with Crippen LogP contribution in [-0.4, -0.2) is 59.3 Å². The Morgan fingerprint density at radius 2 is 1.71 bits per heavy atom. The minimum Gasteiger partial charge on any atom is -0.369 e. The molecule has 3 aromatic rings. The van der Waals surface area contributed by atoms with E-state index in [1.54, 1.807) is 0 Å². The van der Waals surface area contributed by atoms with Gasteiger partial charge in [-0.1, -0.05) is 17.3 Å². The molecule has 2 fully saturated rings. The Hall–Kier alpha value is -2.93. The second-order valence-electron chi connectivity index (χ2n) is 8.59. The van der Waals surface area contributed by atoms with E-state index >= 15 is 0 Å². The fourth-order valence-electron chi connectivity index (χ4n) is 4.50. The summed E-state index contributed by atoms with van der Waals surface area (Å²) >= 11 is 0. The summed E-state index contributed by atoms with van der Waals surface area (Å²) in [5, 5.41) is 4.19. The van der Waals surface area contributed by atoms with E-state index in [9.17, 15) is 0 Å². The van der Waals surface area contributed by atoms with Gasteiger partial charge in [-0.15, -0.1) is 0 Å². The summed E-state index contributed by atoms with van der Waals surface area (Å²) in [6.07, 6.45) is 4.35. The maximum atomic E-state index is 5.54. The molecule has 0 amide bonds. The van der Waals surface area contributed by atoms with Crippen LogP contribution in [0.1, 0.15) is 29.9 Å². The summed E-state index contributed by atoms with van der Waals surface area (Å²) in [4.78, 5) is 16.4. The lowest BCUT2D eigenvalue weighted by Gasteiger charge is -2.36. The van der Waals surface area contributed by atoms with Crippen LogP contribution in [-0.2, 0) is 6.54 Å². The molecule has 7 nitrogen and oxygen atoms in total. The highest BCUT2D eigenvalue weighted by Gasteiger charge is 2.21. The predicted molar refractivity (Wildman–Crippen MR) is 122 cm³/mol. The lowest BCUT2D eigenvalue weighted by molar-refractivity contribution is 0.215. The first-order valence-corrected chi connectivity index (χ1v) is 11.2.